The molecule has 0 spiro atoms. The number of nitrogens with one attached hydrogen (secondary N) is 2. The Balaban J connectivity index is 0.702. The van der Waals surface area contributed by atoms with E-state index in [0.29, 0.717) is 97.1 Å². The van der Waals surface area contributed by atoms with Crippen LogP contribution in [-0.2, 0) is 59.4 Å². The monoisotopic (exact) mass is 1220 g/mol. The number of aromatic carboxylic acids is 1. The molecule has 23 heteroatoms. The lowest BCUT2D eigenvalue weighted by molar-refractivity contribution is -0.248. The van der Waals surface area contributed by atoms with Gasteiger partial charge in [-0.2, -0.15) is 5.10 Å². The van der Waals surface area contributed by atoms with Crippen LogP contribution >= 0.6 is 11.3 Å². The summed E-state index contributed by atoms with van der Waals surface area (Å²) in [5, 5.41) is 22.0. The summed E-state index contributed by atoms with van der Waals surface area (Å²) < 4.78 is 38.8. The first-order chi connectivity index (χ1) is 42.4. The van der Waals surface area contributed by atoms with E-state index in [1.165, 1.54) is 23.5 Å². The molecule has 4 bridgehead atoms. The summed E-state index contributed by atoms with van der Waals surface area (Å²) in [7, 11) is 3.21. The number of nitrogens with zero attached hydrogens (tertiary/aromatic N) is 7. The van der Waals surface area contributed by atoms with Crippen molar-refractivity contribution in [1.82, 2.24) is 34.9 Å². The number of rotatable bonds is 27. The van der Waals surface area contributed by atoms with Crippen LogP contribution in [0.25, 0.3) is 21.3 Å². The average Bonchev–Trinajstić information content (AvgIpc) is 0.854. The van der Waals surface area contributed by atoms with E-state index in [4.69, 9.17) is 38.5 Å². The summed E-state index contributed by atoms with van der Waals surface area (Å²) in [5.41, 5.74) is 5.02. The van der Waals surface area contributed by atoms with Crippen LogP contribution in [0.2, 0.25) is 0 Å². The highest BCUT2D eigenvalue weighted by molar-refractivity contribution is 7.22. The highest BCUT2D eigenvalue weighted by Crippen LogP contribution is 2.72. The fourth-order valence-corrected chi connectivity index (χ4v) is 15.9. The Bertz CT molecular complexity index is 3610. The number of imide groups is 1. The summed E-state index contributed by atoms with van der Waals surface area (Å²) in [5.74, 6) is -0.906. The Labute approximate surface area is 514 Å². The molecule has 2 unspecified atom stereocenters. The molecule has 6 aliphatic rings. The van der Waals surface area contributed by atoms with Crippen molar-refractivity contribution in [2.45, 2.75) is 97.4 Å². The van der Waals surface area contributed by atoms with Crippen molar-refractivity contribution in [1.29, 1.82) is 0 Å². The summed E-state index contributed by atoms with van der Waals surface area (Å²) in [4.78, 5) is 90.7. The largest absolute Gasteiger partial charge is 0.496 e. The molecule has 12 rings (SSSR count). The lowest BCUT2D eigenvalue weighted by Crippen LogP contribution is -2.64. The molecular formula is C65H75N9O13S. The number of hydrogen-bond donors (Lipinski definition) is 3. The number of carbonyl (C=O) groups is 6. The van der Waals surface area contributed by atoms with E-state index in [1.54, 1.807) is 37.4 Å². The Morgan fingerprint density at radius 3 is 2.32 bits per heavy atom. The van der Waals surface area contributed by atoms with Crippen molar-refractivity contribution >= 4 is 68.2 Å². The molecule has 4 aliphatic carbocycles. The molecule has 3 N–H and O–H groups in total. The highest BCUT2D eigenvalue weighted by atomic mass is 32.1. The van der Waals surface area contributed by atoms with E-state index < -0.39 is 29.5 Å². The molecule has 5 heterocycles. The second-order valence-corrected chi connectivity index (χ2v) is 25.7. The molecule has 0 radical (unpaired) electrons. The zero-order valence-corrected chi connectivity index (χ0v) is 51.2. The van der Waals surface area contributed by atoms with Gasteiger partial charge >= 0.3 is 12.1 Å². The number of methoxy groups -OCH3 is 2. The van der Waals surface area contributed by atoms with Gasteiger partial charge in [-0.05, 0) is 116 Å². The van der Waals surface area contributed by atoms with Gasteiger partial charge in [-0.3, -0.25) is 34.1 Å². The number of carbonyl (C=O) groups excluding carboxylic acids is 5. The Hall–Kier alpha value is -8.25. The average molecular weight is 1220 g/mol. The number of aromatic nitrogens is 4. The quantitative estimate of drug-likeness (QED) is 0.0322. The van der Waals surface area contributed by atoms with Crippen molar-refractivity contribution in [3.05, 3.63) is 125 Å². The predicted octanol–water partition coefficient (Wildman–Crippen LogP) is 8.63. The number of hydrogen-bond acceptors (Lipinski definition) is 17. The maximum atomic E-state index is 13.9. The summed E-state index contributed by atoms with van der Waals surface area (Å²) in [6.07, 6.45) is 9.88. The first-order valence-electron chi connectivity index (χ1n) is 29.9. The van der Waals surface area contributed by atoms with Gasteiger partial charge in [-0.25, -0.2) is 19.6 Å². The third-order valence-electron chi connectivity index (χ3n) is 17.7. The summed E-state index contributed by atoms with van der Waals surface area (Å²) in [6, 6.07) is 22.3. The maximum Gasteiger partial charge on any atom is 0.410 e. The number of pyridine rings is 1. The number of amides is 5. The standard InChI is InChI=1S/C65H75N9O13S/c1-42-47(45-15-17-53(69-57(45)59(79)80)72-23-20-44-48(33-72)46(14-16-51(44)83-5)58(78)70-60-68-49-11-7-9-13-52(49)88-60)32-67-74(42)41-64-36-62(2)35-63(3,37-64)39-65(38-62,40-64)87-29-26-71(25-28-82-4)61(81)86-34-43-10-6-8-12-50(43)85-31-30-84-27-22-66-54(75)21-24-73-55(76)18-19-56(73)77/h6-19,32H,20-31,33-41H2,1-5H3,(H,66,75)(H,79,80)(H,68,70,78). The van der Waals surface area contributed by atoms with E-state index in [9.17, 15) is 33.9 Å². The zero-order valence-electron chi connectivity index (χ0n) is 50.4. The molecule has 3 aromatic carbocycles. The molecule has 2 aliphatic heterocycles. The maximum absolute atomic E-state index is 13.9. The van der Waals surface area contributed by atoms with Crippen LogP contribution in [-0.4, -0.2) is 156 Å². The summed E-state index contributed by atoms with van der Waals surface area (Å²) in [6.45, 7) is 10.3. The second kappa shape index (κ2) is 25.8. The van der Waals surface area contributed by atoms with Gasteiger partial charge in [0.1, 0.15) is 30.5 Å². The fraction of sp³-hybridized carbons (Fsp3) is 0.462. The highest BCUT2D eigenvalue weighted by Gasteiger charge is 2.66. The number of carboxylic acids is 1. The van der Waals surface area contributed by atoms with Crippen molar-refractivity contribution < 1.29 is 62.3 Å². The van der Waals surface area contributed by atoms with E-state index in [-0.39, 0.29) is 79.7 Å². The molecule has 464 valence electrons. The number of carboxylic acid groups (broad SMARTS) is 1. The smallest absolute Gasteiger partial charge is 0.410 e. The van der Waals surface area contributed by atoms with Crippen LogP contribution in [0.1, 0.15) is 102 Å². The topological polar surface area (TPSA) is 255 Å². The SMILES string of the molecule is COCCN(CCOC12CC3(C)CC(C)(CC(Cn4ncc(-c5ccc(N6CCc7c(OC)ccc(C(=O)Nc8nc9ccccc9s8)c7C6)nc5C(=O)O)c4C)(C3)C1)C2)C(=O)OCc1ccccc1OCCOCCNC(=O)CCN1C(=O)C=CC1=O. The lowest BCUT2D eigenvalue weighted by atomic mass is 9.39. The van der Waals surface area contributed by atoms with Crippen LogP contribution < -0.4 is 25.0 Å². The molecule has 6 aromatic rings. The normalized spacial score (nSPS) is 21.6. The fourth-order valence-electron chi connectivity index (χ4n) is 15.1. The first-order valence-corrected chi connectivity index (χ1v) is 30.7. The van der Waals surface area contributed by atoms with Crippen molar-refractivity contribution in [3.63, 3.8) is 0 Å². The molecule has 4 fully saturated rings. The molecular weight excluding hydrogens is 1150 g/mol. The molecule has 5 amide bonds. The number of para-hydroxylation sites is 2. The number of thiazole rings is 1. The van der Waals surface area contributed by atoms with Gasteiger partial charge in [0.05, 0.1) is 55.6 Å². The van der Waals surface area contributed by atoms with Gasteiger partial charge in [0, 0.05) is 105 Å². The van der Waals surface area contributed by atoms with Crippen LogP contribution in [0.3, 0.4) is 0 Å². The van der Waals surface area contributed by atoms with E-state index >= 15 is 0 Å². The predicted molar refractivity (Wildman–Crippen MR) is 327 cm³/mol. The van der Waals surface area contributed by atoms with Gasteiger partial charge in [-0.15, -0.1) is 0 Å². The van der Waals surface area contributed by atoms with Gasteiger partial charge < -0.3 is 48.6 Å². The van der Waals surface area contributed by atoms with Gasteiger partial charge in [0.15, 0.2) is 10.8 Å². The number of fused-ring (bicyclic) bond motifs is 2. The third kappa shape index (κ3) is 13.4. The Morgan fingerprint density at radius 1 is 0.795 bits per heavy atom. The zero-order chi connectivity index (χ0) is 61.8. The van der Waals surface area contributed by atoms with E-state index in [1.807, 2.05) is 77.2 Å². The van der Waals surface area contributed by atoms with Crippen LogP contribution in [0.15, 0.2) is 91.1 Å². The molecule has 22 nitrogen and oxygen atoms in total. The van der Waals surface area contributed by atoms with Crippen molar-refractivity contribution in [2.24, 2.45) is 16.2 Å². The Kier molecular flexibility index (Phi) is 18.0. The molecule has 0 saturated heterocycles. The molecule has 4 saturated carbocycles. The van der Waals surface area contributed by atoms with Crippen molar-refractivity contribution in [3.8, 4) is 22.6 Å². The van der Waals surface area contributed by atoms with Crippen molar-refractivity contribution in [2.75, 3.05) is 90.2 Å². The third-order valence-corrected chi connectivity index (χ3v) is 18.7. The first kappa shape index (κ1) is 61.4. The van der Waals surface area contributed by atoms with Gasteiger partial charge in [-0.1, -0.05) is 55.5 Å². The van der Waals surface area contributed by atoms with Crippen LogP contribution in [0, 0.1) is 23.2 Å². The minimum Gasteiger partial charge on any atom is -0.496 e. The van der Waals surface area contributed by atoms with Crippen LogP contribution in [0.4, 0.5) is 15.7 Å². The number of benzene rings is 3. The summed E-state index contributed by atoms with van der Waals surface area (Å²) >= 11 is 1.41. The minimum absolute atomic E-state index is 0.00454. The second-order valence-electron chi connectivity index (χ2n) is 24.6. The minimum atomic E-state index is -1.16. The van der Waals surface area contributed by atoms with E-state index in [2.05, 4.69) is 29.5 Å². The van der Waals surface area contributed by atoms with Crippen LogP contribution in [0.5, 0.6) is 11.5 Å². The van der Waals surface area contributed by atoms with Gasteiger partial charge in [0.2, 0.25) is 5.91 Å². The van der Waals surface area contributed by atoms with E-state index in [0.717, 1.165) is 70.5 Å². The lowest BCUT2D eigenvalue weighted by Gasteiger charge is -2.69. The number of ether oxygens (including phenoxy) is 6. The molecule has 88 heavy (non-hydrogen) atoms. The van der Waals surface area contributed by atoms with Gasteiger partial charge in [0.25, 0.3) is 17.7 Å². The molecule has 3 aromatic heterocycles. The molecule has 2 atom stereocenters. The number of anilines is 2. The Morgan fingerprint density at radius 2 is 1.56 bits per heavy atom.